The van der Waals surface area contributed by atoms with Gasteiger partial charge >= 0.3 is 6.03 Å². The second-order valence-corrected chi connectivity index (χ2v) is 5.06. The third kappa shape index (κ3) is 3.43. The molecule has 0 aliphatic carbocycles. The van der Waals surface area contributed by atoms with Gasteiger partial charge in [-0.05, 0) is 18.3 Å². The van der Waals surface area contributed by atoms with E-state index in [1.54, 1.807) is 12.0 Å². The second-order valence-electron chi connectivity index (χ2n) is 5.06. The van der Waals surface area contributed by atoms with Crippen LogP contribution >= 0.6 is 0 Å². The zero-order valence-electron chi connectivity index (χ0n) is 11.1. The van der Waals surface area contributed by atoms with E-state index in [0.29, 0.717) is 30.8 Å². The molecule has 2 amide bonds. The molecule has 0 spiro atoms. The second kappa shape index (κ2) is 6.00. The summed E-state index contributed by atoms with van der Waals surface area (Å²) in [5, 5.41) is 0. The van der Waals surface area contributed by atoms with Gasteiger partial charge < -0.3 is 15.4 Å². The summed E-state index contributed by atoms with van der Waals surface area (Å²) >= 11 is 0. The number of amides is 2. The third-order valence-corrected chi connectivity index (χ3v) is 3.03. The average molecular weight is 241 g/mol. The minimum absolute atomic E-state index is 0.0694. The molecule has 5 heteroatoms. The number of carbonyl (C=O) groups is 1. The van der Waals surface area contributed by atoms with Crippen LogP contribution in [0.15, 0.2) is 4.99 Å². The van der Waals surface area contributed by atoms with Crippen LogP contribution in [0, 0.1) is 11.8 Å². The van der Waals surface area contributed by atoms with Crippen molar-refractivity contribution in [1.29, 1.82) is 0 Å². The molecular formula is C12H23N3O2. The van der Waals surface area contributed by atoms with Crippen LogP contribution in [0.5, 0.6) is 0 Å². The van der Waals surface area contributed by atoms with Gasteiger partial charge in [0.05, 0.1) is 12.6 Å². The van der Waals surface area contributed by atoms with Crippen LogP contribution in [-0.2, 0) is 4.74 Å². The minimum Gasteiger partial charge on any atom is -0.385 e. The molecule has 1 rings (SSSR count). The van der Waals surface area contributed by atoms with Crippen molar-refractivity contribution in [2.24, 2.45) is 22.6 Å². The summed E-state index contributed by atoms with van der Waals surface area (Å²) in [6.45, 7) is 7.51. The van der Waals surface area contributed by atoms with E-state index in [2.05, 4.69) is 25.8 Å². The fraction of sp³-hybridized carbons (Fsp3) is 0.833. The monoisotopic (exact) mass is 241 g/mol. The molecule has 17 heavy (non-hydrogen) atoms. The standard InChI is InChI=1S/C12H23N3O2/c1-8(2)7-9(3)10-11(13)14-12(16)15(10)5-6-17-4/h8-10H,5-7H2,1-4H3,(H2,13,14,16). The maximum absolute atomic E-state index is 11.7. The summed E-state index contributed by atoms with van der Waals surface area (Å²) < 4.78 is 5.01. The molecule has 0 radical (unpaired) electrons. The van der Waals surface area contributed by atoms with Crippen molar-refractivity contribution in [2.45, 2.75) is 33.2 Å². The van der Waals surface area contributed by atoms with E-state index in [1.165, 1.54) is 0 Å². The van der Waals surface area contributed by atoms with Crippen molar-refractivity contribution in [3.05, 3.63) is 0 Å². The number of urea groups is 1. The van der Waals surface area contributed by atoms with Gasteiger partial charge in [-0.25, -0.2) is 4.79 Å². The highest BCUT2D eigenvalue weighted by Gasteiger charge is 2.36. The van der Waals surface area contributed by atoms with Gasteiger partial charge in [0.1, 0.15) is 5.84 Å². The highest BCUT2D eigenvalue weighted by atomic mass is 16.5. The number of hydrogen-bond acceptors (Lipinski definition) is 3. The van der Waals surface area contributed by atoms with Gasteiger partial charge in [-0.15, -0.1) is 0 Å². The molecule has 0 bridgehead atoms. The molecule has 0 aromatic heterocycles. The smallest absolute Gasteiger partial charge is 0.345 e. The van der Waals surface area contributed by atoms with E-state index in [4.69, 9.17) is 10.5 Å². The number of ether oxygens (including phenoxy) is 1. The number of aliphatic imine (C=N–C) groups is 1. The normalized spacial score (nSPS) is 22.2. The topological polar surface area (TPSA) is 67.9 Å². The van der Waals surface area contributed by atoms with E-state index in [9.17, 15) is 4.79 Å². The number of nitrogens with two attached hydrogens (primary N) is 1. The molecule has 2 unspecified atom stereocenters. The Morgan fingerprint density at radius 1 is 1.47 bits per heavy atom. The molecule has 2 N–H and O–H groups in total. The van der Waals surface area contributed by atoms with Gasteiger partial charge in [0, 0.05) is 13.7 Å². The lowest BCUT2D eigenvalue weighted by Crippen LogP contribution is -2.46. The number of hydrogen-bond donors (Lipinski definition) is 1. The largest absolute Gasteiger partial charge is 0.385 e. The first kappa shape index (κ1) is 14.0. The molecular weight excluding hydrogens is 218 g/mol. The highest BCUT2D eigenvalue weighted by Crippen LogP contribution is 2.23. The van der Waals surface area contributed by atoms with Crippen molar-refractivity contribution < 1.29 is 9.53 Å². The average Bonchev–Trinajstić information content (AvgIpc) is 2.49. The Balaban J connectivity index is 2.71. The predicted octanol–water partition coefficient (Wildman–Crippen LogP) is 1.48. The number of carbonyl (C=O) groups excluding carboxylic acids is 1. The van der Waals surface area contributed by atoms with Gasteiger partial charge in [0.25, 0.3) is 0 Å². The Morgan fingerprint density at radius 3 is 2.65 bits per heavy atom. The van der Waals surface area contributed by atoms with E-state index < -0.39 is 0 Å². The van der Waals surface area contributed by atoms with E-state index in [0.717, 1.165) is 6.42 Å². The number of methoxy groups -OCH3 is 1. The molecule has 0 saturated carbocycles. The molecule has 1 heterocycles. The number of nitrogens with zero attached hydrogens (tertiary/aromatic N) is 2. The van der Waals surface area contributed by atoms with Gasteiger partial charge in [0.2, 0.25) is 0 Å². The Hall–Kier alpha value is -1.10. The minimum atomic E-state index is -0.236. The first-order chi connectivity index (χ1) is 7.97. The fourth-order valence-electron chi connectivity index (χ4n) is 2.41. The predicted molar refractivity (Wildman–Crippen MR) is 68.0 cm³/mol. The molecule has 2 atom stereocenters. The van der Waals surface area contributed by atoms with Crippen LogP contribution in [0.4, 0.5) is 4.79 Å². The first-order valence-electron chi connectivity index (χ1n) is 6.11. The molecule has 98 valence electrons. The Morgan fingerprint density at radius 2 is 2.12 bits per heavy atom. The van der Waals surface area contributed by atoms with E-state index in [1.807, 2.05) is 0 Å². The third-order valence-electron chi connectivity index (χ3n) is 3.03. The van der Waals surface area contributed by atoms with Gasteiger partial charge in [-0.3, -0.25) is 0 Å². The zero-order chi connectivity index (χ0) is 13.0. The first-order valence-corrected chi connectivity index (χ1v) is 6.11. The summed E-state index contributed by atoms with van der Waals surface area (Å²) in [6, 6.07) is -0.305. The molecule has 1 aliphatic rings. The lowest BCUT2D eigenvalue weighted by atomic mass is 9.91. The van der Waals surface area contributed by atoms with E-state index in [-0.39, 0.29) is 12.1 Å². The maximum atomic E-state index is 11.7. The SMILES string of the molecule is COCCN1C(=O)N=C(N)C1C(C)CC(C)C. The van der Waals surface area contributed by atoms with Crippen LogP contribution in [0.25, 0.3) is 0 Å². The van der Waals surface area contributed by atoms with Gasteiger partial charge in [0.15, 0.2) is 0 Å². The van der Waals surface area contributed by atoms with Gasteiger partial charge in [-0.2, -0.15) is 4.99 Å². The highest BCUT2D eigenvalue weighted by molar-refractivity contribution is 6.02. The van der Waals surface area contributed by atoms with Crippen LogP contribution in [0.1, 0.15) is 27.2 Å². The van der Waals surface area contributed by atoms with Crippen LogP contribution in [-0.4, -0.2) is 43.1 Å². The Bertz CT molecular complexity index is 302. The lowest BCUT2D eigenvalue weighted by Gasteiger charge is -2.29. The summed E-state index contributed by atoms with van der Waals surface area (Å²) in [5.41, 5.74) is 5.85. The number of rotatable bonds is 6. The van der Waals surface area contributed by atoms with Crippen molar-refractivity contribution >= 4 is 11.9 Å². The van der Waals surface area contributed by atoms with E-state index >= 15 is 0 Å². The lowest BCUT2D eigenvalue weighted by molar-refractivity contribution is 0.137. The Kier molecular flexibility index (Phi) is 4.93. The molecule has 0 saturated heterocycles. The summed E-state index contributed by atoms with van der Waals surface area (Å²) in [4.78, 5) is 17.3. The number of amidine groups is 1. The van der Waals surface area contributed by atoms with Crippen molar-refractivity contribution in [1.82, 2.24) is 4.90 Å². The molecule has 0 aromatic carbocycles. The molecule has 1 aliphatic heterocycles. The fourth-order valence-corrected chi connectivity index (χ4v) is 2.41. The van der Waals surface area contributed by atoms with Crippen molar-refractivity contribution in [2.75, 3.05) is 20.3 Å². The van der Waals surface area contributed by atoms with Crippen LogP contribution in [0.2, 0.25) is 0 Å². The molecule has 0 aromatic rings. The maximum Gasteiger partial charge on any atom is 0.345 e. The quantitative estimate of drug-likeness (QED) is 0.765. The molecule has 5 nitrogen and oxygen atoms in total. The van der Waals surface area contributed by atoms with Gasteiger partial charge in [-0.1, -0.05) is 20.8 Å². The van der Waals surface area contributed by atoms with Crippen molar-refractivity contribution in [3.8, 4) is 0 Å². The Labute approximate surface area is 103 Å². The van der Waals surface area contributed by atoms with Crippen molar-refractivity contribution in [3.63, 3.8) is 0 Å². The zero-order valence-corrected chi connectivity index (χ0v) is 11.1. The summed E-state index contributed by atoms with van der Waals surface area (Å²) in [6.07, 6.45) is 1.03. The molecule has 0 fully saturated rings. The summed E-state index contributed by atoms with van der Waals surface area (Å²) in [5.74, 6) is 1.35. The summed E-state index contributed by atoms with van der Waals surface area (Å²) in [7, 11) is 1.62. The van der Waals surface area contributed by atoms with Crippen LogP contribution < -0.4 is 5.73 Å². The van der Waals surface area contributed by atoms with Crippen LogP contribution in [0.3, 0.4) is 0 Å².